The highest BCUT2D eigenvalue weighted by atomic mass is 32.1. The van der Waals surface area contributed by atoms with Crippen LogP contribution in [-0.2, 0) is 4.79 Å². The number of ether oxygens (including phenoxy) is 1. The summed E-state index contributed by atoms with van der Waals surface area (Å²) in [5.74, 6) is 0.644. The average Bonchev–Trinajstić information content (AvgIpc) is 3.22. The van der Waals surface area contributed by atoms with Crippen LogP contribution < -0.4 is 9.64 Å². The fourth-order valence-corrected chi connectivity index (χ4v) is 4.18. The zero-order valence-corrected chi connectivity index (χ0v) is 17.0. The van der Waals surface area contributed by atoms with Crippen molar-refractivity contribution >= 4 is 38.5 Å². The zero-order chi connectivity index (χ0) is 20.2. The normalized spacial score (nSPS) is 14.2. The minimum Gasteiger partial charge on any atom is -0.484 e. The Kier molecular flexibility index (Phi) is 5.71. The molecule has 150 valence electrons. The van der Waals surface area contributed by atoms with E-state index in [1.165, 1.54) is 0 Å². The van der Waals surface area contributed by atoms with Gasteiger partial charge in [0.05, 0.1) is 0 Å². The van der Waals surface area contributed by atoms with Crippen LogP contribution in [0.5, 0.6) is 5.75 Å². The van der Waals surface area contributed by atoms with Gasteiger partial charge in [-0.1, -0.05) is 18.3 Å². The molecule has 0 unspecified atom stereocenters. The van der Waals surface area contributed by atoms with Gasteiger partial charge in [-0.3, -0.25) is 9.59 Å². The molecule has 3 aromatic rings. The number of rotatable bonds is 6. The fraction of sp³-hybridized carbons (Fsp3) is 0.333. The van der Waals surface area contributed by atoms with Crippen molar-refractivity contribution in [2.75, 3.05) is 37.7 Å². The van der Waals surface area contributed by atoms with Gasteiger partial charge in [0.2, 0.25) is 0 Å². The van der Waals surface area contributed by atoms with Crippen LogP contribution in [0.2, 0.25) is 0 Å². The second kappa shape index (κ2) is 8.57. The first-order chi connectivity index (χ1) is 14.1. The Labute approximate surface area is 172 Å². The van der Waals surface area contributed by atoms with Gasteiger partial charge >= 0.3 is 0 Å². The zero-order valence-electron chi connectivity index (χ0n) is 16.2. The molecular weight excluding hydrogens is 388 g/mol. The van der Waals surface area contributed by atoms with Crippen LogP contribution in [0.15, 0.2) is 42.6 Å². The standard InChI is InChI=1S/C21H22N4O3S/c1-2-18(26)15-5-7-16(8-6-15)28-14-19(27)24-10-12-25(13-11-24)21-23-17-4-3-9-22-20(17)29-21/h3-9H,2,10-14H2,1H3. The Morgan fingerprint density at radius 3 is 2.55 bits per heavy atom. The summed E-state index contributed by atoms with van der Waals surface area (Å²) in [5.41, 5.74) is 1.57. The maximum absolute atomic E-state index is 12.5. The highest BCUT2D eigenvalue weighted by Crippen LogP contribution is 2.27. The van der Waals surface area contributed by atoms with Gasteiger partial charge in [-0.2, -0.15) is 0 Å². The van der Waals surface area contributed by atoms with Crippen LogP contribution in [0.4, 0.5) is 5.13 Å². The molecular formula is C21H22N4O3S. The Morgan fingerprint density at radius 2 is 1.86 bits per heavy atom. The number of carbonyl (C=O) groups is 2. The Bertz CT molecular complexity index is 977. The van der Waals surface area contributed by atoms with E-state index in [1.54, 1.807) is 41.8 Å². The van der Waals surface area contributed by atoms with Crippen molar-refractivity contribution in [3.05, 3.63) is 48.2 Å². The van der Waals surface area contributed by atoms with Crippen molar-refractivity contribution < 1.29 is 14.3 Å². The summed E-state index contributed by atoms with van der Waals surface area (Å²) in [5, 5.41) is 0.948. The number of piperazine rings is 1. The summed E-state index contributed by atoms with van der Waals surface area (Å²) in [6, 6.07) is 10.8. The lowest BCUT2D eigenvalue weighted by molar-refractivity contribution is -0.133. The van der Waals surface area contributed by atoms with Crippen molar-refractivity contribution in [3.63, 3.8) is 0 Å². The van der Waals surface area contributed by atoms with Crippen LogP contribution in [0.25, 0.3) is 10.3 Å². The number of hydrogen-bond donors (Lipinski definition) is 0. The monoisotopic (exact) mass is 410 g/mol. The molecule has 29 heavy (non-hydrogen) atoms. The molecule has 1 amide bonds. The first-order valence-electron chi connectivity index (χ1n) is 9.64. The average molecular weight is 410 g/mol. The molecule has 8 heteroatoms. The van der Waals surface area contributed by atoms with Crippen LogP contribution in [-0.4, -0.2) is 59.3 Å². The summed E-state index contributed by atoms with van der Waals surface area (Å²) in [4.78, 5) is 38.1. The lowest BCUT2D eigenvalue weighted by Gasteiger charge is -2.34. The third-order valence-corrected chi connectivity index (χ3v) is 5.96. The molecule has 1 fully saturated rings. The third kappa shape index (κ3) is 4.37. The molecule has 7 nitrogen and oxygen atoms in total. The molecule has 0 spiro atoms. The molecule has 0 atom stereocenters. The van der Waals surface area contributed by atoms with Gasteiger partial charge in [0.1, 0.15) is 16.1 Å². The molecule has 1 saturated heterocycles. The molecule has 0 N–H and O–H groups in total. The lowest BCUT2D eigenvalue weighted by atomic mass is 10.1. The van der Waals surface area contributed by atoms with E-state index in [2.05, 4.69) is 14.9 Å². The largest absolute Gasteiger partial charge is 0.484 e. The highest BCUT2D eigenvalue weighted by molar-refractivity contribution is 7.21. The van der Waals surface area contributed by atoms with Crippen LogP contribution in [0.1, 0.15) is 23.7 Å². The maximum atomic E-state index is 12.5. The number of fused-ring (bicyclic) bond motifs is 1. The summed E-state index contributed by atoms with van der Waals surface area (Å²) >= 11 is 1.58. The number of carbonyl (C=O) groups excluding carboxylic acids is 2. The SMILES string of the molecule is CCC(=O)c1ccc(OCC(=O)N2CCN(c3nc4cccnc4s3)CC2)cc1. The molecule has 2 aromatic heterocycles. The van der Waals surface area contributed by atoms with E-state index >= 15 is 0 Å². The number of thiazole rings is 1. The van der Waals surface area contributed by atoms with Gasteiger partial charge in [-0.15, -0.1) is 0 Å². The van der Waals surface area contributed by atoms with E-state index in [-0.39, 0.29) is 18.3 Å². The Morgan fingerprint density at radius 1 is 1.10 bits per heavy atom. The summed E-state index contributed by atoms with van der Waals surface area (Å²) < 4.78 is 5.61. The number of Topliss-reactive ketones (excluding diaryl/α,β-unsaturated/α-hetero) is 1. The second-order valence-corrected chi connectivity index (χ2v) is 7.74. The third-order valence-electron chi connectivity index (χ3n) is 4.92. The molecule has 1 aromatic carbocycles. The van der Waals surface area contributed by atoms with Gasteiger partial charge in [-0.05, 0) is 36.4 Å². The van der Waals surface area contributed by atoms with Gasteiger partial charge < -0.3 is 14.5 Å². The van der Waals surface area contributed by atoms with Crippen molar-refractivity contribution in [1.29, 1.82) is 0 Å². The van der Waals surface area contributed by atoms with E-state index in [4.69, 9.17) is 4.74 Å². The Hall–Kier alpha value is -3.00. The van der Waals surface area contributed by atoms with E-state index in [9.17, 15) is 9.59 Å². The number of hydrogen-bond acceptors (Lipinski definition) is 7. The number of nitrogens with zero attached hydrogens (tertiary/aromatic N) is 4. The van der Waals surface area contributed by atoms with E-state index < -0.39 is 0 Å². The molecule has 1 aliphatic heterocycles. The number of benzene rings is 1. The minimum atomic E-state index is -0.0377. The van der Waals surface area contributed by atoms with E-state index in [1.807, 2.05) is 24.0 Å². The quantitative estimate of drug-likeness (QED) is 0.582. The predicted octanol–water partition coefficient (Wildman–Crippen LogP) is 3.01. The van der Waals surface area contributed by atoms with E-state index in [0.717, 1.165) is 28.6 Å². The maximum Gasteiger partial charge on any atom is 0.260 e. The Balaban J connectivity index is 1.28. The summed E-state index contributed by atoms with van der Waals surface area (Å²) in [6.07, 6.45) is 2.24. The van der Waals surface area contributed by atoms with Crippen LogP contribution >= 0.6 is 11.3 Å². The van der Waals surface area contributed by atoms with Crippen LogP contribution in [0.3, 0.4) is 0 Å². The first-order valence-corrected chi connectivity index (χ1v) is 10.5. The smallest absolute Gasteiger partial charge is 0.260 e. The van der Waals surface area contributed by atoms with Crippen molar-refractivity contribution in [1.82, 2.24) is 14.9 Å². The van der Waals surface area contributed by atoms with Crippen molar-refractivity contribution in [3.8, 4) is 5.75 Å². The van der Waals surface area contributed by atoms with Gasteiger partial charge in [0.15, 0.2) is 17.5 Å². The van der Waals surface area contributed by atoms with E-state index in [0.29, 0.717) is 30.8 Å². The first kappa shape index (κ1) is 19.3. The number of amides is 1. The second-order valence-electron chi connectivity index (χ2n) is 6.78. The van der Waals surface area contributed by atoms with Gasteiger partial charge in [0.25, 0.3) is 5.91 Å². The van der Waals surface area contributed by atoms with Gasteiger partial charge in [0, 0.05) is 44.4 Å². The molecule has 0 radical (unpaired) electrons. The van der Waals surface area contributed by atoms with Crippen molar-refractivity contribution in [2.24, 2.45) is 0 Å². The molecule has 3 heterocycles. The molecule has 0 saturated carbocycles. The molecule has 0 bridgehead atoms. The highest BCUT2D eigenvalue weighted by Gasteiger charge is 2.23. The van der Waals surface area contributed by atoms with Gasteiger partial charge in [-0.25, -0.2) is 9.97 Å². The lowest BCUT2D eigenvalue weighted by Crippen LogP contribution is -2.50. The summed E-state index contributed by atoms with van der Waals surface area (Å²) in [6.45, 7) is 4.56. The molecule has 4 rings (SSSR count). The number of ketones is 1. The molecule has 0 aliphatic carbocycles. The minimum absolute atomic E-state index is 0.00781. The predicted molar refractivity (Wildman–Crippen MR) is 113 cm³/mol. The number of anilines is 1. The number of pyridine rings is 1. The fourth-order valence-electron chi connectivity index (χ4n) is 3.22. The topological polar surface area (TPSA) is 75.6 Å². The number of aromatic nitrogens is 2. The summed E-state index contributed by atoms with van der Waals surface area (Å²) in [7, 11) is 0. The van der Waals surface area contributed by atoms with Crippen LogP contribution in [0, 0.1) is 0 Å². The molecule has 1 aliphatic rings. The van der Waals surface area contributed by atoms with Crippen molar-refractivity contribution in [2.45, 2.75) is 13.3 Å².